The van der Waals surface area contributed by atoms with Crippen molar-refractivity contribution in [1.82, 2.24) is 5.32 Å². The largest absolute Gasteiger partial charge is 0.354 e. The number of anilines is 1. The number of sulfonamides is 1. The summed E-state index contributed by atoms with van der Waals surface area (Å²) >= 11 is 1.95. The highest BCUT2D eigenvalue weighted by Crippen LogP contribution is 2.28. The molecule has 0 aliphatic heterocycles. The third kappa shape index (κ3) is 7.31. The fraction of sp³-hybridized carbons (Fsp3) is 0.611. The number of rotatable bonds is 10. The second-order valence-electron chi connectivity index (χ2n) is 6.88. The van der Waals surface area contributed by atoms with Crippen LogP contribution in [-0.2, 0) is 14.8 Å². The standard InChI is InChI=1S/C18H27N3O5S2/c1-28(25,26)20(15-7-5-8-16(13-15)21(23)24)14-18(22)19-11-6-12-27-17-9-3-2-4-10-17/h5,7-8,13,17H,2-4,6,9-12,14H2,1H3,(H,19,22). The van der Waals surface area contributed by atoms with Crippen molar-refractivity contribution in [3.8, 4) is 0 Å². The number of amides is 1. The third-order valence-electron chi connectivity index (χ3n) is 4.57. The van der Waals surface area contributed by atoms with Gasteiger partial charge < -0.3 is 5.32 Å². The van der Waals surface area contributed by atoms with Crippen LogP contribution in [0.4, 0.5) is 11.4 Å². The van der Waals surface area contributed by atoms with E-state index < -0.39 is 27.4 Å². The van der Waals surface area contributed by atoms with Crippen molar-refractivity contribution in [3.63, 3.8) is 0 Å². The van der Waals surface area contributed by atoms with Crippen molar-refractivity contribution in [2.75, 3.05) is 29.4 Å². The Kier molecular flexibility index (Phi) is 8.56. The maximum absolute atomic E-state index is 12.2. The lowest BCUT2D eigenvalue weighted by molar-refractivity contribution is -0.384. The Morgan fingerprint density at radius 2 is 2.04 bits per heavy atom. The molecule has 0 atom stereocenters. The van der Waals surface area contributed by atoms with Crippen molar-refractivity contribution in [3.05, 3.63) is 34.4 Å². The van der Waals surface area contributed by atoms with Gasteiger partial charge in [0.25, 0.3) is 5.69 Å². The van der Waals surface area contributed by atoms with Gasteiger partial charge in [0.1, 0.15) is 6.54 Å². The Hall–Kier alpha value is -1.81. The number of nitrogens with one attached hydrogen (secondary N) is 1. The SMILES string of the molecule is CS(=O)(=O)N(CC(=O)NCCCSC1CCCCC1)c1cccc([N+](=O)[O-])c1. The van der Waals surface area contributed by atoms with E-state index in [0.29, 0.717) is 6.54 Å². The molecule has 0 spiro atoms. The van der Waals surface area contributed by atoms with Crippen molar-refractivity contribution in [2.24, 2.45) is 0 Å². The van der Waals surface area contributed by atoms with Crippen molar-refractivity contribution in [1.29, 1.82) is 0 Å². The first-order valence-corrected chi connectivity index (χ1v) is 12.3. The van der Waals surface area contributed by atoms with Gasteiger partial charge in [-0.1, -0.05) is 25.3 Å². The van der Waals surface area contributed by atoms with Crippen molar-refractivity contribution < 1.29 is 18.1 Å². The lowest BCUT2D eigenvalue weighted by atomic mass is 10.0. The van der Waals surface area contributed by atoms with E-state index >= 15 is 0 Å². The van der Waals surface area contributed by atoms with Gasteiger partial charge in [-0.15, -0.1) is 0 Å². The van der Waals surface area contributed by atoms with E-state index in [4.69, 9.17) is 0 Å². The van der Waals surface area contributed by atoms with E-state index in [1.54, 1.807) is 0 Å². The molecular formula is C18H27N3O5S2. The summed E-state index contributed by atoms with van der Waals surface area (Å²) in [7, 11) is -3.76. The summed E-state index contributed by atoms with van der Waals surface area (Å²) in [6, 6.07) is 5.25. The van der Waals surface area contributed by atoms with Crippen LogP contribution in [0, 0.1) is 10.1 Å². The van der Waals surface area contributed by atoms with E-state index in [-0.39, 0.29) is 11.4 Å². The molecular weight excluding hydrogens is 402 g/mol. The number of nitro groups is 1. The quantitative estimate of drug-likeness (QED) is 0.348. The molecule has 0 heterocycles. The summed E-state index contributed by atoms with van der Waals surface area (Å²) in [5.74, 6) is 0.533. The first-order chi connectivity index (χ1) is 13.3. The molecule has 1 aliphatic rings. The number of nitro benzene ring substituents is 1. The zero-order chi connectivity index (χ0) is 20.6. The summed E-state index contributed by atoms with van der Waals surface area (Å²) in [5, 5.41) is 14.4. The number of hydrogen-bond donors (Lipinski definition) is 1. The smallest absolute Gasteiger partial charge is 0.271 e. The molecule has 1 fully saturated rings. The summed E-state index contributed by atoms with van der Waals surface area (Å²) in [5.41, 5.74) is -0.133. The van der Waals surface area contributed by atoms with Crippen LogP contribution in [-0.4, -0.2) is 49.6 Å². The number of non-ortho nitro benzene ring substituents is 1. The Morgan fingerprint density at radius 1 is 1.32 bits per heavy atom. The Bertz CT molecular complexity index is 779. The van der Waals surface area contributed by atoms with Crippen LogP contribution >= 0.6 is 11.8 Å². The van der Waals surface area contributed by atoms with Gasteiger partial charge in [-0.25, -0.2) is 8.42 Å². The summed E-state index contributed by atoms with van der Waals surface area (Å²) in [4.78, 5) is 22.5. The highest BCUT2D eigenvalue weighted by Gasteiger charge is 2.22. The monoisotopic (exact) mass is 429 g/mol. The minimum atomic E-state index is -3.76. The van der Waals surface area contributed by atoms with Gasteiger partial charge in [0, 0.05) is 23.9 Å². The Morgan fingerprint density at radius 3 is 2.68 bits per heavy atom. The average Bonchev–Trinajstić information content (AvgIpc) is 2.66. The van der Waals surface area contributed by atoms with Gasteiger partial charge in [-0.05, 0) is 31.1 Å². The van der Waals surface area contributed by atoms with Gasteiger partial charge in [-0.3, -0.25) is 19.2 Å². The Labute approximate surface area is 170 Å². The van der Waals surface area contributed by atoms with E-state index in [1.807, 2.05) is 11.8 Å². The highest BCUT2D eigenvalue weighted by molar-refractivity contribution is 7.99. The molecule has 10 heteroatoms. The number of nitrogens with zero attached hydrogens (tertiary/aromatic N) is 2. The van der Waals surface area contributed by atoms with E-state index in [2.05, 4.69) is 5.32 Å². The van der Waals surface area contributed by atoms with Crippen LogP contribution in [0.15, 0.2) is 24.3 Å². The molecule has 0 unspecified atom stereocenters. The molecule has 1 aromatic carbocycles. The molecule has 0 saturated heterocycles. The molecule has 1 saturated carbocycles. The zero-order valence-corrected chi connectivity index (χ0v) is 17.6. The predicted octanol–water partition coefficient (Wildman–Crippen LogP) is 2.93. The highest BCUT2D eigenvalue weighted by atomic mass is 32.2. The van der Waals surface area contributed by atoms with Crippen LogP contribution in [0.1, 0.15) is 38.5 Å². The molecule has 1 aromatic rings. The predicted molar refractivity (Wildman–Crippen MR) is 112 cm³/mol. The van der Waals surface area contributed by atoms with Gasteiger partial charge in [-0.2, -0.15) is 11.8 Å². The molecule has 1 aliphatic carbocycles. The fourth-order valence-electron chi connectivity index (χ4n) is 3.13. The minimum Gasteiger partial charge on any atom is -0.354 e. The second kappa shape index (κ2) is 10.7. The van der Waals surface area contributed by atoms with Gasteiger partial charge in [0.15, 0.2) is 0 Å². The first kappa shape index (κ1) is 22.5. The van der Waals surface area contributed by atoms with Crippen molar-refractivity contribution in [2.45, 2.75) is 43.8 Å². The molecule has 0 bridgehead atoms. The molecule has 8 nitrogen and oxygen atoms in total. The maximum atomic E-state index is 12.2. The number of benzene rings is 1. The average molecular weight is 430 g/mol. The Balaban J connectivity index is 1.84. The zero-order valence-electron chi connectivity index (χ0n) is 16.0. The molecule has 0 aromatic heterocycles. The van der Waals surface area contributed by atoms with Crippen LogP contribution < -0.4 is 9.62 Å². The molecule has 0 radical (unpaired) electrons. The molecule has 156 valence electrons. The number of hydrogen-bond acceptors (Lipinski definition) is 6. The van der Waals surface area contributed by atoms with Crippen molar-refractivity contribution >= 4 is 39.1 Å². The van der Waals surface area contributed by atoms with Gasteiger partial charge in [0.2, 0.25) is 15.9 Å². The normalized spacial score (nSPS) is 15.2. The molecule has 2 rings (SSSR count). The summed E-state index contributed by atoms with van der Waals surface area (Å²) in [6.07, 6.45) is 8.25. The lowest BCUT2D eigenvalue weighted by Crippen LogP contribution is -2.40. The summed E-state index contributed by atoms with van der Waals surface area (Å²) < 4.78 is 25.0. The van der Waals surface area contributed by atoms with Crippen LogP contribution in [0.2, 0.25) is 0 Å². The number of carbonyl (C=O) groups is 1. The summed E-state index contributed by atoms with van der Waals surface area (Å²) in [6.45, 7) is 0.0703. The molecule has 28 heavy (non-hydrogen) atoms. The fourth-order valence-corrected chi connectivity index (χ4v) is 5.29. The number of carbonyl (C=O) groups excluding carboxylic acids is 1. The van der Waals surface area contributed by atoms with E-state index in [9.17, 15) is 23.3 Å². The topological polar surface area (TPSA) is 110 Å². The van der Waals surface area contributed by atoms with Gasteiger partial charge >= 0.3 is 0 Å². The van der Waals surface area contributed by atoms with Crippen LogP contribution in [0.3, 0.4) is 0 Å². The first-order valence-electron chi connectivity index (χ1n) is 9.38. The van der Waals surface area contributed by atoms with E-state index in [1.165, 1.54) is 50.3 Å². The third-order valence-corrected chi connectivity index (χ3v) is 7.17. The minimum absolute atomic E-state index is 0.0969. The van der Waals surface area contributed by atoms with E-state index in [0.717, 1.165) is 34.1 Å². The molecule has 1 amide bonds. The van der Waals surface area contributed by atoms with Crippen LogP contribution in [0.5, 0.6) is 0 Å². The van der Waals surface area contributed by atoms with Gasteiger partial charge in [0.05, 0.1) is 16.9 Å². The lowest BCUT2D eigenvalue weighted by Gasteiger charge is -2.22. The number of thioether (sulfide) groups is 1. The maximum Gasteiger partial charge on any atom is 0.271 e. The second-order valence-corrected chi connectivity index (χ2v) is 10.2. The van der Waals surface area contributed by atoms with Crippen LogP contribution in [0.25, 0.3) is 0 Å². The molecule has 1 N–H and O–H groups in total.